The van der Waals surface area contributed by atoms with Gasteiger partial charge in [-0.2, -0.15) is 4.98 Å². The maximum absolute atomic E-state index is 14.1. The van der Waals surface area contributed by atoms with E-state index < -0.39 is 8.32 Å². The van der Waals surface area contributed by atoms with E-state index in [-0.39, 0.29) is 39.7 Å². The first-order chi connectivity index (χ1) is 19.6. The van der Waals surface area contributed by atoms with Crippen LogP contribution < -0.4 is 4.74 Å². The molecule has 1 saturated carbocycles. The molecule has 1 aliphatic rings. The molecule has 1 aromatic carbocycles. The van der Waals surface area contributed by atoms with Crippen LogP contribution in [0.5, 0.6) is 11.6 Å². The van der Waals surface area contributed by atoms with Gasteiger partial charge in [0.15, 0.2) is 14.0 Å². The molecule has 1 fully saturated rings. The lowest BCUT2D eigenvalue weighted by atomic mass is 9.76. The number of halogens is 2. The average Bonchev–Trinajstić information content (AvgIpc) is 3.37. The van der Waals surface area contributed by atoms with Crippen LogP contribution in [-0.4, -0.2) is 60.0 Å². The number of aromatic nitrogens is 2. The summed E-state index contributed by atoms with van der Waals surface area (Å²) in [5.74, 6) is -0.150. The van der Waals surface area contributed by atoms with Gasteiger partial charge in [-0.1, -0.05) is 76.2 Å². The molecule has 234 valence electrons. The Bertz CT molecular complexity index is 1230. The molecule has 2 aromatic rings. The molecule has 1 heterocycles. The number of rotatable bonds is 13. The van der Waals surface area contributed by atoms with E-state index in [0.717, 1.165) is 44.1 Å². The number of hydrogen-bond donors (Lipinski definition) is 1. The summed E-state index contributed by atoms with van der Waals surface area (Å²) >= 11 is 12.6. The molecule has 10 heteroatoms. The molecular weight excluding hydrogens is 589 g/mol. The highest BCUT2D eigenvalue weighted by molar-refractivity contribution is 6.74. The molecule has 0 radical (unpaired) electrons. The fourth-order valence-corrected chi connectivity index (χ4v) is 6.59. The van der Waals surface area contributed by atoms with Crippen LogP contribution in [-0.2, 0) is 16.3 Å². The molecule has 7 nitrogen and oxygen atoms in total. The van der Waals surface area contributed by atoms with Crippen molar-refractivity contribution in [2.24, 2.45) is 0 Å². The van der Waals surface area contributed by atoms with Crippen LogP contribution in [0.15, 0.2) is 18.2 Å². The molecule has 0 saturated heterocycles. The number of nitrogens with zero attached hydrogens (tertiary/aromatic N) is 3. The molecular formula is C32H49Cl2N3O4Si. The van der Waals surface area contributed by atoms with Gasteiger partial charge in [0.2, 0.25) is 5.75 Å². The van der Waals surface area contributed by atoms with Crippen molar-refractivity contribution in [2.75, 3.05) is 19.8 Å². The van der Waals surface area contributed by atoms with Crippen LogP contribution in [0.4, 0.5) is 0 Å². The van der Waals surface area contributed by atoms with E-state index in [1.807, 2.05) is 32.0 Å². The number of carbonyl (C=O) groups is 1. The molecule has 3 rings (SSSR count). The van der Waals surface area contributed by atoms with Crippen molar-refractivity contribution >= 4 is 37.4 Å². The first-order valence-electron chi connectivity index (χ1n) is 15.2. The second-order valence-electron chi connectivity index (χ2n) is 13.3. The maximum atomic E-state index is 14.1. The number of unbranched alkanes of at least 4 members (excludes halogenated alkanes) is 1. The zero-order valence-corrected chi connectivity index (χ0v) is 29.2. The summed E-state index contributed by atoms with van der Waals surface area (Å²) < 4.78 is 12.3. The first kappa shape index (κ1) is 34.6. The van der Waals surface area contributed by atoms with E-state index >= 15 is 0 Å². The highest BCUT2D eigenvalue weighted by atomic mass is 35.5. The van der Waals surface area contributed by atoms with Crippen LogP contribution in [0.25, 0.3) is 0 Å². The van der Waals surface area contributed by atoms with Gasteiger partial charge in [0.25, 0.3) is 11.8 Å². The number of hydrogen-bond acceptors (Lipinski definition) is 6. The normalized spacial score (nSPS) is 15.3. The van der Waals surface area contributed by atoms with Crippen molar-refractivity contribution in [3.63, 3.8) is 0 Å². The first-order valence-corrected chi connectivity index (χ1v) is 18.9. The van der Waals surface area contributed by atoms with E-state index in [1.165, 1.54) is 0 Å². The van der Waals surface area contributed by atoms with E-state index in [0.29, 0.717) is 42.0 Å². The van der Waals surface area contributed by atoms with Gasteiger partial charge < -0.3 is 19.2 Å². The Labute approximate surface area is 263 Å². The Balaban J connectivity index is 1.98. The molecule has 1 aliphatic carbocycles. The molecule has 1 amide bonds. The third-order valence-electron chi connectivity index (χ3n) is 8.92. The van der Waals surface area contributed by atoms with Gasteiger partial charge in [-0.05, 0) is 68.9 Å². The number of ether oxygens (including phenoxy) is 1. The summed E-state index contributed by atoms with van der Waals surface area (Å²) in [7, 11) is -1.99. The number of aromatic hydroxyl groups is 1. The van der Waals surface area contributed by atoms with E-state index in [9.17, 15) is 9.90 Å². The largest absolute Gasteiger partial charge is 0.491 e. The Morgan fingerprint density at radius 3 is 2.36 bits per heavy atom. The molecule has 0 unspecified atom stereocenters. The van der Waals surface area contributed by atoms with Crippen molar-refractivity contribution in [2.45, 2.75) is 116 Å². The Morgan fingerprint density at radius 1 is 1.12 bits per heavy atom. The predicted octanol–water partition coefficient (Wildman–Crippen LogP) is 8.59. The van der Waals surface area contributed by atoms with E-state index in [2.05, 4.69) is 45.8 Å². The topological polar surface area (TPSA) is 84.8 Å². The molecule has 42 heavy (non-hydrogen) atoms. The minimum absolute atomic E-state index is 0.0446. The smallest absolute Gasteiger partial charge is 0.276 e. The summed E-state index contributed by atoms with van der Waals surface area (Å²) in [6.07, 6.45) is 6.13. The van der Waals surface area contributed by atoms with Gasteiger partial charge >= 0.3 is 0 Å². The third-order valence-corrected chi connectivity index (χ3v) is 14.2. The SMILES string of the molecule is CCCCOc1c(O)nc(CC2(c3ccc(Cl)c(Cl)c3)CCCC2)nc1C(=O)N(CCO[Si](C)(C)C(C)(C)C)C(C)C. The van der Waals surface area contributed by atoms with Crippen LogP contribution in [0.3, 0.4) is 0 Å². The fraction of sp³-hybridized carbons (Fsp3) is 0.656. The quantitative estimate of drug-likeness (QED) is 0.175. The van der Waals surface area contributed by atoms with Gasteiger partial charge in [-0.3, -0.25) is 4.79 Å². The van der Waals surface area contributed by atoms with Crippen molar-refractivity contribution in [3.8, 4) is 11.6 Å². The van der Waals surface area contributed by atoms with E-state index in [1.54, 1.807) is 4.90 Å². The molecule has 0 aliphatic heterocycles. The summed E-state index contributed by atoms with van der Waals surface area (Å²) in [4.78, 5) is 25.2. The summed E-state index contributed by atoms with van der Waals surface area (Å²) in [6.45, 7) is 18.2. The molecule has 0 bridgehead atoms. The zero-order valence-electron chi connectivity index (χ0n) is 26.6. The highest BCUT2D eigenvalue weighted by Crippen LogP contribution is 2.45. The third kappa shape index (κ3) is 8.19. The Hall–Kier alpha value is -1.87. The fourth-order valence-electron chi connectivity index (χ4n) is 5.25. The lowest BCUT2D eigenvalue weighted by molar-refractivity contribution is 0.0656. The van der Waals surface area contributed by atoms with Gasteiger partial charge in [-0.15, -0.1) is 0 Å². The molecule has 1 N–H and O–H groups in total. The molecule has 0 atom stereocenters. The maximum Gasteiger partial charge on any atom is 0.276 e. The average molecular weight is 639 g/mol. The Kier molecular flexibility index (Phi) is 11.8. The second kappa shape index (κ2) is 14.3. The summed E-state index contributed by atoms with van der Waals surface area (Å²) in [5, 5.41) is 12.2. The van der Waals surface area contributed by atoms with Crippen molar-refractivity contribution in [1.29, 1.82) is 0 Å². The number of amides is 1. The van der Waals surface area contributed by atoms with Gasteiger partial charge in [-0.25, -0.2) is 4.98 Å². The number of carbonyl (C=O) groups excluding carboxylic acids is 1. The second-order valence-corrected chi connectivity index (χ2v) is 19.0. The Morgan fingerprint density at radius 2 is 1.79 bits per heavy atom. The predicted molar refractivity (Wildman–Crippen MR) is 174 cm³/mol. The standard InChI is InChI=1S/C32H49Cl2N3O4Si/c1-9-10-18-40-28-27(30(39)37(22(2)3)17-19-41-42(7,8)31(4,5)6)35-26(36-29(28)38)21-32(15-11-12-16-32)23-13-14-24(33)25(34)20-23/h13-14,20,22H,9-12,15-19,21H2,1-8H3,(H,35,36,38). The minimum atomic E-state index is -1.99. The van der Waals surface area contributed by atoms with Crippen LogP contribution >= 0.6 is 23.2 Å². The van der Waals surface area contributed by atoms with E-state index in [4.69, 9.17) is 37.3 Å². The zero-order chi connectivity index (χ0) is 31.3. The van der Waals surface area contributed by atoms with Gasteiger partial charge in [0.05, 0.1) is 23.3 Å². The number of benzene rings is 1. The lowest BCUT2D eigenvalue weighted by Crippen LogP contribution is -2.45. The minimum Gasteiger partial charge on any atom is -0.491 e. The molecule has 0 spiro atoms. The highest BCUT2D eigenvalue weighted by Gasteiger charge is 2.39. The lowest BCUT2D eigenvalue weighted by Gasteiger charge is -2.37. The van der Waals surface area contributed by atoms with Crippen LogP contribution in [0.2, 0.25) is 28.2 Å². The monoisotopic (exact) mass is 637 g/mol. The van der Waals surface area contributed by atoms with Gasteiger partial charge in [0.1, 0.15) is 5.82 Å². The summed E-state index contributed by atoms with van der Waals surface area (Å²) in [6, 6.07) is 5.65. The van der Waals surface area contributed by atoms with Crippen LogP contribution in [0.1, 0.15) is 102 Å². The van der Waals surface area contributed by atoms with Crippen LogP contribution in [0, 0.1) is 0 Å². The summed E-state index contributed by atoms with van der Waals surface area (Å²) in [5.41, 5.74) is 0.900. The van der Waals surface area contributed by atoms with Crippen molar-refractivity contribution in [3.05, 3.63) is 45.3 Å². The van der Waals surface area contributed by atoms with Gasteiger partial charge in [0, 0.05) is 24.4 Å². The van der Waals surface area contributed by atoms with Crippen molar-refractivity contribution in [1.82, 2.24) is 14.9 Å². The molecule has 1 aromatic heterocycles. The van der Waals surface area contributed by atoms with Crippen molar-refractivity contribution < 1.29 is 19.1 Å².